The van der Waals surface area contributed by atoms with Gasteiger partial charge < -0.3 is 10.5 Å². The van der Waals surface area contributed by atoms with Gasteiger partial charge >= 0.3 is 0 Å². The highest BCUT2D eigenvalue weighted by atomic mass is 79.9. The van der Waals surface area contributed by atoms with Crippen LogP contribution >= 0.6 is 15.9 Å². The summed E-state index contributed by atoms with van der Waals surface area (Å²) in [4.78, 5) is 0. The van der Waals surface area contributed by atoms with E-state index in [1.165, 1.54) is 19.2 Å². The van der Waals surface area contributed by atoms with Crippen molar-refractivity contribution in [2.24, 2.45) is 5.73 Å². The van der Waals surface area contributed by atoms with Gasteiger partial charge in [-0.15, -0.1) is 0 Å². The number of hydrogen-bond acceptors (Lipinski definition) is 2. The van der Waals surface area contributed by atoms with Gasteiger partial charge in [0, 0.05) is 4.47 Å². The lowest BCUT2D eigenvalue weighted by Gasteiger charge is -2.18. The van der Waals surface area contributed by atoms with Gasteiger partial charge in [-0.1, -0.05) is 22.0 Å². The van der Waals surface area contributed by atoms with Gasteiger partial charge in [-0.2, -0.15) is 8.78 Å². The Labute approximate surface area is 89.2 Å². The summed E-state index contributed by atoms with van der Waals surface area (Å²) >= 11 is 3.05. The van der Waals surface area contributed by atoms with Gasteiger partial charge in [-0.05, 0) is 12.1 Å². The minimum Gasteiger partial charge on any atom is -0.496 e. The molecule has 0 aliphatic carbocycles. The van der Waals surface area contributed by atoms with Crippen molar-refractivity contribution in [3.05, 3.63) is 28.2 Å². The van der Waals surface area contributed by atoms with Crippen molar-refractivity contribution in [3.8, 4) is 5.75 Å². The fraction of sp³-hybridized carbons (Fsp3) is 0.333. The molecule has 2 nitrogen and oxygen atoms in total. The number of methoxy groups -OCH3 is 1. The van der Waals surface area contributed by atoms with E-state index in [9.17, 15) is 8.78 Å². The second kappa shape index (κ2) is 4.23. The second-order valence-corrected chi connectivity index (χ2v) is 3.58. The second-order valence-electron chi connectivity index (χ2n) is 2.73. The van der Waals surface area contributed by atoms with E-state index in [1.807, 2.05) is 0 Å². The van der Waals surface area contributed by atoms with Crippen LogP contribution in [-0.4, -0.2) is 13.7 Å². The molecule has 0 aliphatic heterocycles. The Balaban J connectivity index is 3.30. The molecule has 0 aromatic heterocycles. The van der Waals surface area contributed by atoms with E-state index >= 15 is 0 Å². The average molecular weight is 266 g/mol. The molecule has 0 fully saturated rings. The molecular formula is C9H10BrF2NO. The first kappa shape index (κ1) is 11.4. The molecule has 0 unspecified atom stereocenters. The summed E-state index contributed by atoms with van der Waals surface area (Å²) in [5.74, 6) is -2.94. The Bertz CT molecular complexity index is 331. The summed E-state index contributed by atoms with van der Waals surface area (Å²) in [5, 5.41) is 0. The monoisotopic (exact) mass is 265 g/mol. The quantitative estimate of drug-likeness (QED) is 0.912. The van der Waals surface area contributed by atoms with Crippen LogP contribution in [0.25, 0.3) is 0 Å². The zero-order valence-corrected chi connectivity index (χ0v) is 9.14. The molecule has 1 aromatic carbocycles. The van der Waals surface area contributed by atoms with Crippen LogP contribution in [0.5, 0.6) is 5.75 Å². The number of nitrogens with two attached hydrogens (primary N) is 1. The van der Waals surface area contributed by atoms with Gasteiger partial charge in [0.15, 0.2) is 0 Å². The van der Waals surface area contributed by atoms with E-state index in [-0.39, 0.29) is 11.3 Å². The van der Waals surface area contributed by atoms with E-state index < -0.39 is 12.5 Å². The maximum absolute atomic E-state index is 13.4. The van der Waals surface area contributed by atoms with Gasteiger partial charge in [-0.3, -0.25) is 0 Å². The van der Waals surface area contributed by atoms with Crippen molar-refractivity contribution < 1.29 is 13.5 Å². The molecule has 0 bridgehead atoms. The number of rotatable bonds is 3. The van der Waals surface area contributed by atoms with Gasteiger partial charge in [0.05, 0.1) is 19.2 Å². The van der Waals surface area contributed by atoms with Crippen LogP contribution in [0.4, 0.5) is 8.78 Å². The summed E-state index contributed by atoms with van der Waals surface area (Å²) in [6, 6.07) is 4.63. The Morgan fingerprint density at radius 1 is 1.50 bits per heavy atom. The molecule has 2 N–H and O–H groups in total. The van der Waals surface area contributed by atoms with E-state index in [4.69, 9.17) is 10.5 Å². The highest BCUT2D eigenvalue weighted by Gasteiger charge is 2.35. The van der Waals surface area contributed by atoms with Crippen molar-refractivity contribution >= 4 is 15.9 Å². The van der Waals surface area contributed by atoms with Gasteiger partial charge in [0.25, 0.3) is 5.92 Å². The van der Waals surface area contributed by atoms with E-state index in [0.717, 1.165) is 0 Å². The van der Waals surface area contributed by atoms with Crippen LogP contribution < -0.4 is 10.5 Å². The molecule has 0 saturated heterocycles. The van der Waals surface area contributed by atoms with Crippen LogP contribution in [0.3, 0.4) is 0 Å². The molecule has 0 saturated carbocycles. The first-order valence-electron chi connectivity index (χ1n) is 3.94. The molecule has 1 rings (SSSR count). The van der Waals surface area contributed by atoms with Crippen LogP contribution in [-0.2, 0) is 5.92 Å². The molecule has 0 radical (unpaired) electrons. The van der Waals surface area contributed by atoms with Crippen molar-refractivity contribution in [3.63, 3.8) is 0 Å². The number of ether oxygens (including phenoxy) is 1. The van der Waals surface area contributed by atoms with Crippen molar-refractivity contribution in [2.45, 2.75) is 5.92 Å². The van der Waals surface area contributed by atoms with Crippen LogP contribution in [0.1, 0.15) is 5.56 Å². The van der Waals surface area contributed by atoms with Crippen molar-refractivity contribution in [1.82, 2.24) is 0 Å². The lowest BCUT2D eigenvalue weighted by Crippen LogP contribution is -2.26. The fourth-order valence-electron chi connectivity index (χ4n) is 1.13. The standard InChI is InChI=1S/C9H10BrF2NO/c1-14-7-4-2-3-6(10)8(7)9(11,12)5-13/h2-4H,5,13H2,1H3. The first-order chi connectivity index (χ1) is 6.53. The highest BCUT2D eigenvalue weighted by Crippen LogP contribution is 2.39. The third-order valence-electron chi connectivity index (χ3n) is 1.82. The zero-order valence-electron chi connectivity index (χ0n) is 7.56. The number of hydrogen-bond donors (Lipinski definition) is 1. The lowest BCUT2D eigenvalue weighted by atomic mass is 10.1. The van der Waals surface area contributed by atoms with Crippen molar-refractivity contribution in [2.75, 3.05) is 13.7 Å². The predicted octanol–water partition coefficient (Wildman–Crippen LogP) is 2.51. The Hall–Kier alpha value is -0.680. The first-order valence-corrected chi connectivity index (χ1v) is 4.73. The normalized spacial score (nSPS) is 11.5. The molecule has 0 aliphatic rings. The summed E-state index contributed by atoms with van der Waals surface area (Å²) in [7, 11) is 1.35. The molecule has 0 amide bonds. The average Bonchev–Trinajstić information content (AvgIpc) is 2.17. The number of benzene rings is 1. The van der Waals surface area contributed by atoms with Crippen molar-refractivity contribution in [1.29, 1.82) is 0 Å². The summed E-state index contributed by atoms with van der Waals surface area (Å²) in [5.41, 5.74) is 4.80. The Morgan fingerprint density at radius 2 is 2.14 bits per heavy atom. The molecular weight excluding hydrogens is 256 g/mol. The predicted molar refractivity (Wildman–Crippen MR) is 53.6 cm³/mol. The molecule has 0 atom stereocenters. The maximum atomic E-state index is 13.4. The zero-order chi connectivity index (χ0) is 10.8. The number of alkyl halides is 2. The Morgan fingerprint density at radius 3 is 2.64 bits per heavy atom. The Kier molecular flexibility index (Phi) is 3.44. The number of halogens is 3. The lowest BCUT2D eigenvalue weighted by molar-refractivity contribution is 0.00293. The third kappa shape index (κ3) is 2.04. The molecule has 78 valence electrons. The topological polar surface area (TPSA) is 35.2 Å². The summed E-state index contributed by atoms with van der Waals surface area (Å²) in [6.45, 7) is -0.744. The maximum Gasteiger partial charge on any atom is 0.289 e. The highest BCUT2D eigenvalue weighted by molar-refractivity contribution is 9.10. The molecule has 1 aromatic rings. The molecule has 0 spiro atoms. The van der Waals surface area contributed by atoms with Gasteiger partial charge in [0.1, 0.15) is 5.75 Å². The van der Waals surface area contributed by atoms with Crippen LogP contribution in [0.15, 0.2) is 22.7 Å². The van der Waals surface area contributed by atoms with E-state index in [2.05, 4.69) is 15.9 Å². The smallest absolute Gasteiger partial charge is 0.289 e. The van der Waals surface area contributed by atoms with Gasteiger partial charge in [0.2, 0.25) is 0 Å². The van der Waals surface area contributed by atoms with Crippen LogP contribution in [0, 0.1) is 0 Å². The summed E-state index contributed by atoms with van der Waals surface area (Å²) in [6.07, 6.45) is 0. The molecule has 5 heteroatoms. The summed E-state index contributed by atoms with van der Waals surface area (Å²) < 4.78 is 31.9. The molecule has 14 heavy (non-hydrogen) atoms. The SMILES string of the molecule is COc1cccc(Br)c1C(F)(F)CN. The van der Waals surface area contributed by atoms with E-state index in [1.54, 1.807) is 6.07 Å². The minimum atomic E-state index is -3.08. The largest absolute Gasteiger partial charge is 0.496 e. The third-order valence-corrected chi connectivity index (χ3v) is 2.48. The van der Waals surface area contributed by atoms with Crippen LogP contribution in [0.2, 0.25) is 0 Å². The fourth-order valence-corrected chi connectivity index (χ4v) is 1.77. The van der Waals surface area contributed by atoms with Gasteiger partial charge in [-0.25, -0.2) is 0 Å². The molecule has 0 heterocycles. The van der Waals surface area contributed by atoms with E-state index in [0.29, 0.717) is 4.47 Å². The minimum absolute atomic E-state index is 0.134.